The van der Waals surface area contributed by atoms with Gasteiger partial charge in [-0.15, -0.1) is 0 Å². The zero-order valence-corrected chi connectivity index (χ0v) is 42.9. The topological polar surface area (TPSA) is 195 Å². The number of aromatic nitrogens is 2. The molecule has 0 aliphatic heterocycles. The minimum absolute atomic E-state index is 0.00233. The van der Waals surface area contributed by atoms with Crippen molar-refractivity contribution in [2.75, 3.05) is 56.8 Å². The normalized spacial score (nSPS) is 19.7. The van der Waals surface area contributed by atoms with Crippen LogP contribution < -0.4 is 30.0 Å². The standard InChI is InChI=1S/C26H37N3O5.C14H13NO3.C12H24N2O3/c1-26(2,3)34-25(30)29(4)21-13-20(14-22(21)31-5)27-15-17-8-10-18(11-9-17)19-12-23(32-6)24(33-7)28-16-19;1-17-13-7-12(8-15-14(13)18-2)11-5-3-10(9-16)4-6-11;1-12(2,3)17-11(15)14(4)9-6-8(13)7-10(9)16-5/h8-12,16,20-22,27H,13-15H2,1-7H3;3-9H,1-2H3;8-10H,6-7,13H2,1-5H3/t20-,21+,22+;;8-,9+,10+/m1.1/s1. The fourth-order valence-electron chi connectivity index (χ4n) is 8.03. The van der Waals surface area contributed by atoms with Gasteiger partial charge < -0.3 is 58.7 Å². The fourth-order valence-corrected chi connectivity index (χ4v) is 8.03. The number of carbonyl (C=O) groups is 3. The summed E-state index contributed by atoms with van der Waals surface area (Å²) < 4.78 is 42.8. The Labute approximate surface area is 408 Å². The van der Waals surface area contributed by atoms with Gasteiger partial charge in [0.25, 0.3) is 11.8 Å². The highest BCUT2D eigenvalue weighted by atomic mass is 16.6. The van der Waals surface area contributed by atoms with Gasteiger partial charge in [0.15, 0.2) is 11.5 Å². The molecule has 2 fully saturated rings. The Hall–Kier alpha value is -6.01. The summed E-state index contributed by atoms with van der Waals surface area (Å²) in [6.45, 7) is 11.9. The summed E-state index contributed by atoms with van der Waals surface area (Å²) in [4.78, 5) is 46.8. The van der Waals surface area contributed by atoms with E-state index in [-0.39, 0.29) is 48.6 Å². The maximum atomic E-state index is 12.5. The molecular weight excluding hydrogens is 885 g/mol. The second kappa shape index (κ2) is 25.6. The van der Waals surface area contributed by atoms with Crippen LogP contribution in [0.2, 0.25) is 0 Å². The minimum atomic E-state index is -0.524. The number of aldehydes is 1. The molecule has 6 atom stereocenters. The summed E-state index contributed by atoms with van der Waals surface area (Å²) in [5, 5.41) is 3.62. The smallest absolute Gasteiger partial charge is 0.410 e. The van der Waals surface area contributed by atoms with Crippen LogP contribution in [0.15, 0.2) is 73.1 Å². The third-order valence-electron chi connectivity index (χ3n) is 11.7. The van der Waals surface area contributed by atoms with E-state index in [0.717, 1.165) is 60.8 Å². The molecule has 0 radical (unpaired) electrons. The van der Waals surface area contributed by atoms with Gasteiger partial charge >= 0.3 is 12.2 Å². The zero-order valence-electron chi connectivity index (χ0n) is 42.9. The number of hydrogen-bond acceptors (Lipinski definition) is 15. The molecule has 2 heterocycles. The summed E-state index contributed by atoms with van der Waals surface area (Å²) >= 11 is 0. The van der Waals surface area contributed by atoms with Crippen LogP contribution in [-0.2, 0) is 25.5 Å². The highest BCUT2D eigenvalue weighted by molar-refractivity contribution is 5.77. The molecule has 4 aromatic rings. The monoisotopic (exact) mass is 959 g/mol. The van der Waals surface area contributed by atoms with Crippen molar-refractivity contribution in [1.82, 2.24) is 25.1 Å². The number of carbonyl (C=O) groups excluding carboxylic acids is 3. The molecule has 3 N–H and O–H groups in total. The van der Waals surface area contributed by atoms with Crippen molar-refractivity contribution in [2.24, 2.45) is 5.73 Å². The van der Waals surface area contributed by atoms with Gasteiger partial charge in [-0.05, 0) is 96.0 Å². The van der Waals surface area contributed by atoms with Crippen LogP contribution in [0.1, 0.15) is 83.1 Å². The van der Waals surface area contributed by atoms with Gasteiger partial charge in [-0.3, -0.25) is 4.79 Å². The Morgan fingerprint density at radius 3 is 1.48 bits per heavy atom. The average molecular weight is 959 g/mol. The first-order valence-corrected chi connectivity index (χ1v) is 22.9. The van der Waals surface area contributed by atoms with Crippen molar-refractivity contribution in [3.05, 3.63) is 84.2 Å². The molecule has 0 saturated heterocycles. The molecule has 2 aliphatic rings. The largest absolute Gasteiger partial charge is 0.491 e. The first-order valence-electron chi connectivity index (χ1n) is 22.9. The average Bonchev–Trinajstić information content (AvgIpc) is 3.94. The van der Waals surface area contributed by atoms with E-state index in [4.69, 9.17) is 43.6 Å². The molecular formula is C52H74N6O11. The molecule has 2 amide bonds. The van der Waals surface area contributed by atoms with Crippen LogP contribution >= 0.6 is 0 Å². The number of likely N-dealkylation sites (N-methyl/N-ethyl adjacent to an activating group) is 2. The van der Waals surface area contributed by atoms with Crippen molar-refractivity contribution in [2.45, 2.75) is 121 Å². The second-order valence-corrected chi connectivity index (χ2v) is 19.0. The van der Waals surface area contributed by atoms with Crippen molar-refractivity contribution in [1.29, 1.82) is 0 Å². The van der Waals surface area contributed by atoms with Crippen molar-refractivity contribution in [3.63, 3.8) is 0 Å². The molecule has 378 valence electrons. The minimum Gasteiger partial charge on any atom is -0.491 e. The van der Waals surface area contributed by atoms with Gasteiger partial charge in [0, 0.05) is 76.0 Å². The summed E-state index contributed by atoms with van der Waals surface area (Å²) in [5.41, 5.74) is 10.6. The molecule has 69 heavy (non-hydrogen) atoms. The number of rotatable bonds is 14. The Balaban J connectivity index is 0.000000249. The number of pyridine rings is 2. The summed E-state index contributed by atoms with van der Waals surface area (Å²) in [6, 6.07) is 19.7. The van der Waals surface area contributed by atoms with E-state index in [2.05, 4.69) is 39.6 Å². The molecule has 2 saturated carbocycles. The van der Waals surface area contributed by atoms with Gasteiger partial charge in [-0.1, -0.05) is 48.5 Å². The molecule has 2 aromatic carbocycles. The molecule has 2 aliphatic carbocycles. The number of nitrogens with zero attached hydrogens (tertiary/aromatic N) is 4. The van der Waals surface area contributed by atoms with E-state index in [1.54, 1.807) is 91.1 Å². The van der Waals surface area contributed by atoms with E-state index in [1.807, 2.05) is 65.8 Å². The van der Waals surface area contributed by atoms with Crippen LogP contribution in [0, 0.1) is 0 Å². The van der Waals surface area contributed by atoms with Crippen molar-refractivity contribution in [3.8, 4) is 45.5 Å². The molecule has 17 nitrogen and oxygen atoms in total. The lowest BCUT2D eigenvalue weighted by atomic mass is 10.1. The Bertz CT molecular complexity index is 2250. The van der Waals surface area contributed by atoms with E-state index < -0.39 is 11.2 Å². The second-order valence-electron chi connectivity index (χ2n) is 19.0. The Morgan fingerprint density at radius 2 is 1.07 bits per heavy atom. The fraction of sp³-hybridized carbons (Fsp3) is 0.519. The van der Waals surface area contributed by atoms with E-state index in [1.165, 1.54) is 5.56 Å². The van der Waals surface area contributed by atoms with Crippen LogP contribution in [0.4, 0.5) is 9.59 Å². The maximum absolute atomic E-state index is 12.5. The molecule has 2 aromatic heterocycles. The van der Waals surface area contributed by atoms with Crippen molar-refractivity contribution >= 4 is 18.5 Å². The third kappa shape index (κ3) is 16.3. The van der Waals surface area contributed by atoms with Crippen LogP contribution in [-0.4, -0.2) is 143 Å². The molecule has 0 bridgehead atoms. The van der Waals surface area contributed by atoms with E-state index in [9.17, 15) is 14.4 Å². The highest BCUT2D eigenvalue weighted by Crippen LogP contribution is 2.32. The first kappa shape index (κ1) is 55.6. The quantitative estimate of drug-likeness (QED) is 0.115. The van der Waals surface area contributed by atoms with E-state index in [0.29, 0.717) is 28.8 Å². The Kier molecular flexibility index (Phi) is 20.6. The number of hydrogen-bond donors (Lipinski definition) is 2. The molecule has 0 unspecified atom stereocenters. The third-order valence-corrected chi connectivity index (χ3v) is 11.7. The van der Waals surface area contributed by atoms with Gasteiger partial charge in [-0.2, -0.15) is 0 Å². The van der Waals surface area contributed by atoms with Crippen molar-refractivity contribution < 1.29 is 52.3 Å². The predicted molar refractivity (Wildman–Crippen MR) is 265 cm³/mol. The predicted octanol–water partition coefficient (Wildman–Crippen LogP) is 8.20. The lowest BCUT2D eigenvalue weighted by Crippen LogP contribution is -2.44. The van der Waals surface area contributed by atoms with E-state index >= 15 is 0 Å². The van der Waals surface area contributed by atoms with Crippen LogP contribution in [0.5, 0.6) is 23.3 Å². The van der Waals surface area contributed by atoms with Gasteiger partial charge in [0.05, 0.1) is 52.7 Å². The van der Waals surface area contributed by atoms with Crippen LogP contribution in [0.25, 0.3) is 22.3 Å². The van der Waals surface area contributed by atoms with Gasteiger partial charge in [0.1, 0.15) is 17.5 Å². The summed E-state index contributed by atoms with van der Waals surface area (Å²) in [7, 11) is 13.2. The maximum Gasteiger partial charge on any atom is 0.410 e. The number of nitrogens with two attached hydrogens (primary N) is 1. The van der Waals surface area contributed by atoms with Gasteiger partial charge in [-0.25, -0.2) is 19.6 Å². The lowest BCUT2D eigenvalue weighted by molar-refractivity contribution is -0.000972. The molecule has 6 rings (SSSR count). The number of benzene rings is 2. The van der Waals surface area contributed by atoms with Crippen LogP contribution in [0.3, 0.4) is 0 Å². The Morgan fingerprint density at radius 1 is 0.638 bits per heavy atom. The number of ether oxygens (including phenoxy) is 8. The number of nitrogens with one attached hydrogen (secondary N) is 1. The first-order chi connectivity index (χ1) is 32.7. The zero-order chi connectivity index (χ0) is 51.1. The lowest BCUT2D eigenvalue weighted by Gasteiger charge is -2.31. The molecule has 0 spiro atoms. The highest BCUT2D eigenvalue weighted by Gasteiger charge is 2.40. The number of amides is 2. The summed E-state index contributed by atoms with van der Waals surface area (Å²) in [5.74, 6) is 2.10. The number of methoxy groups -OCH3 is 6. The van der Waals surface area contributed by atoms with Gasteiger partial charge in [0.2, 0.25) is 0 Å². The SMILES string of the molecule is CO[C@H]1C[C@H](N)C[C@@H]1N(C)C(=O)OC(C)(C)C.COc1cc(-c2ccc(C=O)cc2)cnc1OC.COc1cc(-c2ccc(CN[C@H]3C[C@H](OC)[C@@H](N(C)C(=O)OC(C)(C)C)C3)cc2)cnc1OC. The summed E-state index contributed by atoms with van der Waals surface area (Å²) in [6.07, 6.45) is 6.82. The molecule has 17 heteroatoms.